The zero-order valence-electron chi connectivity index (χ0n) is 17.1. The zero-order valence-corrected chi connectivity index (χ0v) is 17.1. The van der Waals surface area contributed by atoms with Crippen molar-refractivity contribution < 1.29 is 9.53 Å². The number of amides is 1. The molecule has 1 unspecified atom stereocenters. The van der Waals surface area contributed by atoms with E-state index in [1.54, 1.807) is 12.4 Å². The summed E-state index contributed by atoms with van der Waals surface area (Å²) in [6, 6.07) is 0. The Kier molecular flexibility index (Phi) is 6.68. The molecule has 156 valence electrons. The lowest BCUT2D eigenvalue weighted by atomic mass is 9.73. The first-order chi connectivity index (χ1) is 13.7. The third-order valence-electron chi connectivity index (χ3n) is 7.23. The van der Waals surface area contributed by atoms with E-state index in [1.165, 1.54) is 71.0 Å². The van der Waals surface area contributed by atoms with Gasteiger partial charge in [-0.3, -0.25) is 9.89 Å². The number of rotatable bonds is 6. The molecule has 3 fully saturated rings. The molecule has 1 atom stereocenters. The average Bonchev–Trinajstić information content (AvgIpc) is 3.23. The van der Waals surface area contributed by atoms with E-state index in [2.05, 4.69) is 20.4 Å². The molecule has 3 aliphatic rings. The van der Waals surface area contributed by atoms with E-state index in [0.717, 1.165) is 24.5 Å². The summed E-state index contributed by atoms with van der Waals surface area (Å²) in [5.41, 5.74) is 1.31. The molecular formula is C22H36N4O2. The fraction of sp³-hybridized carbons (Fsp3) is 0.818. The molecule has 0 radical (unpaired) electrons. The van der Waals surface area contributed by atoms with Gasteiger partial charge in [0.15, 0.2) is 0 Å². The summed E-state index contributed by atoms with van der Waals surface area (Å²) in [6.45, 7) is 5.30. The standard InChI is InChI=1S/C22H36N4O2/c27-21(12-19-13-24-25-14-19)23-15-20-6-7-22(17-28-20)8-10-26(11-9-22)16-18-4-2-1-3-5-18/h13-14,18,20H,1-12,15-17H2,(H,23,27)(H,24,25). The lowest BCUT2D eigenvalue weighted by Crippen LogP contribution is -2.48. The highest BCUT2D eigenvalue weighted by Crippen LogP contribution is 2.41. The number of ether oxygens (including phenoxy) is 1. The van der Waals surface area contributed by atoms with Crippen molar-refractivity contribution in [3.8, 4) is 0 Å². The Morgan fingerprint density at radius 2 is 2.04 bits per heavy atom. The van der Waals surface area contributed by atoms with Crippen LogP contribution in [0.2, 0.25) is 0 Å². The van der Waals surface area contributed by atoms with Gasteiger partial charge in [0.2, 0.25) is 5.91 Å². The average molecular weight is 389 g/mol. The van der Waals surface area contributed by atoms with Gasteiger partial charge < -0.3 is 15.0 Å². The number of hydrogen-bond donors (Lipinski definition) is 2. The van der Waals surface area contributed by atoms with Crippen LogP contribution in [0.1, 0.15) is 63.4 Å². The van der Waals surface area contributed by atoms with Crippen molar-refractivity contribution >= 4 is 5.91 Å². The fourth-order valence-corrected chi connectivity index (χ4v) is 5.27. The second-order valence-corrected chi connectivity index (χ2v) is 9.36. The van der Waals surface area contributed by atoms with Gasteiger partial charge in [-0.25, -0.2) is 0 Å². The number of nitrogens with zero attached hydrogens (tertiary/aromatic N) is 2. The molecule has 4 rings (SSSR count). The van der Waals surface area contributed by atoms with Gasteiger partial charge >= 0.3 is 0 Å². The number of aromatic amines is 1. The van der Waals surface area contributed by atoms with Gasteiger partial charge in [-0.15, -0.1) is 0 Å². The number of nitrogens with one attached hydrogen (secondary N) is 2. The summed E-state index contributed by atoms with van der Waals surface area (Å²) in [6.07, 6.45) is 16.1. The SMILES string of the molecule is O=C(Cc1cn[nH]c1)NCC1CCC2(CCN(CC3CCCCC3)CC2)CO1. The van der Waals surface area contributed by atoms with Gasteiger partial charge in [-0.05, 0) is 68.5 Å². The highest BCUT2D eigenvalue weighted by molar-refractivity contribution is 5.78. The Balaban J connectivity index is 1.14. The third kappa shape index (κ3) is 5.35. The van der Waals surface area contributed by atoms with Crippen molar-refractivity contribution in [2.45, 2.75) is 70.3 Å². The molecule has 0 bridgehead atoms. The van der Waals surface area contributed by atoms with E-state index < -0.39 is 0 Å². The Morgan fingerprint density at radius 1 is 1.21 bits per heavy atom. The van der Waals surface area contributed by atoms with Gasteiger partial charge in [0.1, 0.15) is 0 Å². The molecule has 1 spiro atoms. The first kappa shape index (κ1) is 19.9. The van der Waals surface area contributed by atoms with E-state index in [9.17, 15) is 4.79 Å². The van der Waals surface area contributed by atoms with E-state index in [1.807, 2.05) is 0 Å². The molecule has 1 aromatic rings. The summed E-state index contributed by atoms with van der Waals surface area (Å²) < 4.78 is 6.19. The van der Waals surface area contributed by atoms with Crippen molar-refractivity contribution in [3.05, 3.63) is 18.0 Å². The van der Waals surface area contributed by atoms with Crippen LogP contribution < -0.4 is 5.32 Å². The Hall–Kier alpha value is -1.40. The molecule has 1 amide bonds. The zero-order chi connectivity index (χ0) is 19.2. The van der Waals surface area contributed by atoms with Crippen molar-refractivity contribution in [2.24, 2.45) is 11.3 Å². The van der Waals surface area contributed by atoms with Crippen LogP contribution in [-0.4, -0.2) is 59.9 Å². The maximum absolute atomic E-state index is 12.0. The molecule has 1 aromatic heterocycles. The lowest BCUT2D eigenvalue weighted by molar-refractivity contribution is -0.122. The molecule has 2 saturated heterocycles. The minimum absolute atomic E-state index is 0.0429. The van der Waals surface area contributed by atoms with E-state index in [0.29, 0.717) is 18.4 Å². The van der Waals surface area contributed by atoms with Gasteiger partial charge in [0.05, 0.1) is 25.3 Å². The topological polar surface area (TPSA) is 70.2 Å². The van der Waals surface area contributed by atoms with Crippen molar-refractivity contribution in [3.63, 3.8) is 0 Å². The van der Waals surface area contributed by atoms with Crippen LogP contribution in [0.25, 0.3) is 0 Å². The molecule has 2 aliphatic heterocycles. The molecule has 1 saturated carbocycles. The summed E-state index contributed by atoms with van der Waals surface area (Å²) in [4.78, 5) is 14.7. The Labute approximate surface area is 168 Å². The molecule has 28 heavy (non-hydrogen) atoms. The number of H-pyrrole nitrogens is 1. The Morgan fingerprint density at radius 3 is 2.71 bits per heavy atom. The van der Waals surface area contributed by atoms with Gasteiger partial charge in [-0.1, -0.05) is 19.3 Å². The minimum Gasteiger partial charge on any atom is -0.376 e. The monoisotopic (exact) mass is 388 g/mol. The van der Waals surface area contributed by atoms with Crippen molar-refractivity contribution in [2.75, 3.05) is 32.8 Å². The normalized spacial score (nSPS) is 26.4. The first-order valence-corrected chi connectivity index (χ1v) is 11.3. The number of piperidine rings is 1. The van der Waals surface area contributed by atoms with Crippen LogP contribution in [0, 0.1) is 11.3 Å². The molecule has 0 aromatic carbocycles. The smallest absolute Gasteiger partial charge is 0.224 e. The minimum atomic E-state index is 0.0429. The van der Waals surface area contributed by atoms with Crippen LogP contribution in [0.4, 0.5) is 0 Å². The fourth-order valence-electron chi connectivity index (χ4n) is 5.27. The highest BCUT2D eigenvalue weighted by atomic mass is 16.5. The van der Waals surface area contributed by atoms with E-state index >= 15 is 0 Å². The van der Waals surface area contributed by atoms with Crippen LogP contribution in [-0.2, 0) is 16.0 Å². The lowest BCUT2D eigenvalue weighted by Gasteiger charge is -2.46. The highest BCUT2D eigenvalue weighted by Gasteiger charge is 2.39. The maximum Gasteiger partial charge on any atom is 0.224 e. The summed E-state index contributed by atoms with van der Waals surface area (Å²) >= 11 is 0. The van der Waals surface area contributed by atoms with Crippen LogP contribution in [0.3, 0.4) is 0 Å². The van der Waals surface area contributed by atoms with E-state index in [-0.39, 0.29) is 12.0 Å². The number of carbonyl (C=O) groups is 1. The van der Waals surface area contributed by atoms with Gasteiger partial charge in [0.25, 0.3) is 0 Å². The molecular weight excluding hydrogens is 352 g/mol. The first-order valence-electron chi connectivity index (χ1n) is 11.3. The predicted octanol–water partition coefficient (Wildman–Crippen LogP) is 2.91. The quantitative estimate of drug-likeness (QED) is 0.786. The third-order valence-corrected chi connectivity index (χ3v) is 7.23. The number of aromatic nitrogens is 2. The van der Waals surface area contributed by atoms with Crippen LogP contribution in [0.15, 0.2) is 12.4 Å². The molecule has 2 N–H and O–H groups in total. The summed E-state index contributed by atoms with van der Waals surface area (Å²) in [7, 11) is 0. The van der Waals surface area contributed by atoms with Crippen LogP contribution in [0.5, 0.6) is 0 Å². The number of likely N-dealkylation sites (tertiary alicyclic amines) is 1. The second kappa shape index (κ2) is 9.40. The van der Waals surface area contributed by atoms with Crippen molar-refractivity contribution in [1.29, 1.82) is 0 Å². The van der Waals surface area contributed by atoms with Gasteiger partial charge in [-0.2, -0.15) is 5.10 Å². The van der Waals surface area contributed by atoms with Gasteiger partial charge in [0, 0.05) is 19.3 Å². The van der Waals surface area contributed by atoms with E-state index in [4.69, 9.17) is 4.74 Å². The largest absolute Gasteiger partial charge is 0.376 e. The molecule has 6 nitrogen and oxygen atoms in total. The Bertz CT molecular complexity index is 594. The molecule has 1 aliphatic carbocycles. The maximum atomic E-state index is 12.0. The van der Waals surface area contributed by atoms with Crippen molar-refractivity contribution in [1.82, 2.24) is 20.4 Å². The molecule has 3 heterocycles. The van der Waals surface area contributed by atoms with Crippen LogP contribution >= 0.6 is 0 Å². The summed E-state index contributed by atoms with van der Waals surface area (Å²) in [5, 5.41) is 9.64. The summed E-state index contributed by atoms with van der Waals surface area (Å²) in [5.74, 6) is 0.988. The molecule has 6 heteroatoms. The number of hydrogen-bond acceptors (Lipinski definition) is 4. The number of carbonyl (C=O) groups excluding carboxylic acids is 1. The second-order valence-electron chi connectivity index (χ2n) is 9.36. The predicted molar refractivity (Wildman–Crippen MR) is 109 cm³/mol.